The largest absolute Gasteiger partial charge is 0.497 e. The van der Waals surface area contributed by atoms with Crippen molar-refractivity contribution in [3.05, 3.63) is 42.0 Å². The predicted octanol–water partition coefficient (Wildman–Crippen LogP) is 2.74. The number of ether oxygens (including phenoxy) is 1. The third kappa shape index (κ3) is 3.94. The second kappa shape index (κ2) is 7.25. The van der Waals surface area contributed by atoms with Gasteiger partial charge in [-0.15, -0.1) is 0 Å². The van der Waals surface area contributed by atoms with Crippen molar-refractivity contribution in [2.45, 2.75) is 31.6 Å². The summed E-state index contributed by atoms with van der Waals surface area (Å²) >= 11 is 0. The number of carbonyl (C=O) groups is 2. The Morgan fingerprint density at radius 1 is 1.15 bits per heavy atom. The van der Waals surface area contributed by atoms with Gasteiger partial charge in [0.1, 0.15) is 5.75 Å². The quantitative estimate of drug-likeness (QED) is 0.770. The van der Waals surface area contributed by atoms with E-state index in [0.29, 0.717) is 12.2 Å². The van der Waals surface area contributed by atoms with Crippen LogP contribution in [-0.4, -0.2) is 31.1 Å². The fourth-order valence-electron chi connectivity index (χ4n) is 3.90. The Morgan fingerprint density at radius 2 is 1.78 bits per heavy atom. The number of benzene rings is 1. The summed E-state index contributed by atoms with van der Waals surface area (Å²) < 4.78 is 43.0. The van der Waals surface area contributed by atoms with E-state index in [9.17, 15) is 22.8 Å². The molecule has 3 rings (SSSR count). The number of nitrogens with one attached hydrogen (secondary N) is 2. The molecule has 1 unspecified atom stereocenters. The number of hydrogen-bond acceptors (Lipinski definition) is 3. The van der Waals surface area contributed by atoms with Gasteiger partial charge in [0.2, 0.25) is 5.91 Å². The molecule has 1 saturated carbocycles. The van der Waals surface area contributed by atoms with Crippen molar-refractivity contribution in [1.29, 1.82) is 0 Å². The van der Waals surface area contributed by atoms with Crippen molar-refractivity contribution in [3.8, 4) is 5.75 Å². The summed E-state index contributed by atoms with van der Waals surface area (Å²) in [6, 6.07) is 5.98. The Morgan fingerprint density at radius 3 is 2.37 bits per heavy atom. The molecule has 1 aromatic carbocycles. The molecule has 8 heteroatoms. The van der Waals surface area contributed by atoms with Gasteiger partial charge in [-0.3, -0.25) is 9.59 Å². The second-order valence-corrected chi connectivity index (χ2v) is 6.97. The summed E-state index contributed by atoms with van der Waals surface area (Å²) in [5.41, 5.74) is 0.846. The molecule has 1 fully saturated rings. The van der Waals surface area contributed by atoms with Crippen molar-refractivity contribution >= 4 is 11.8 Å². The van der Waals surface area contributed by atoms with Gasteiger partial charge in [0.25, 0.3) is 0 Å². The van der Waals surface area contributed by atoms with Crippen molar-refractivity contribution in [2.75, 3.05) is 7.11 Å². The molecule has 2 N–H and O–H groups in total. The number of carbonyl (C=O) groups excluding carboxylic acids is 2. The summed E-state index contributed by atoms with van der Waals surface area (Å²) in [4.78, 5) is 24.1. The van der Waals surface area contributed by atoms with Gasteiger partial charge >= 0.3 is 12.1 Å². The first-order valence-corrected chi connectivity index (χ1v) is 8.71. The molecule has 0 aromatic heterocycles. The van der Waals surface area contributed by atoms with E-state index in [-0.39, 0.29) is 23.8 Å². The van der Waals surface area contributed by atoms with Gasteiger partial charge in [0.15, 0.2) is 0 Å². The topological polar surface area (TPSA) is 67.4 Å². The SMILES string of the molecule is COc1ccc([C@@H](C)NC(=O)C2[C@@H]3C=C[C@@H](C3)[C@@H]2NC(=O)C(F)(F)F)cc1. The van der Waals surface area contributed by atoms with E-state index in [2.05, 4.69) is 5.32 Å². The highest BCUT2D eigenvalue weighted by molar-refractivity contribution is 5.85. The lowest BCUT2D eigenvalue weighted by Crippen LogP contribution is -2.52. The lowest BCUT2D eigenvalue weighted by atomic mass is 9.87. The van der Waals surface area contributed by atoms with Crippen LogP contribution in [-0.2, 0) is 9.59 Å². The van der Waals surface area contributed by atoms with Crippen LogP contribution in [0.5, 0.6) is 5.75 Å². The van der Waals surface area contributed by atoms with Gasteiger partial charge in [-0.2, -0.15) is 13.2 Å². The molecular formula is C19H21F3N2O3. The third-order valence-corrected chi connectivity index (χ3v) is 5.29. The Labute approximate surface area is 155 Å². The first-order chi connectivity index (χ1) is 12.7. The normalized spacial score (nSPS) is 27.3. The number of hydrogen-bond donors (Lipinski definition) is 2. The zero-order valence-corrected chi connectivity index (χ0v) is 14.9. The lowest BCUT2D eigenvalue weighted by Gasteiger charge is -2.29. The number of methoxy groups -OCH3 is 1. The molecule has 0 aliphatic heterocycles. The van der Waals surface area contributed by atoms with Gasteiger partial charge in [-0.05, 0) is 42.9 Å². The van der Waals surface area contributed by atoms with Crippen LogP contribution in [0.1, 0.15) is 24.9 Å². The monoisotopic (exact) mass is 382 g/mol. The zero-order chi connectivity index (χ0) is 19.8. The molecule has 0 spiro atoms. The van der Waals surface area contributed by atoms with Crippen LogP contribution in [0.3, 0.4) is 0 Å². The molecule has 2 bridgehead atoms. The van der Waals surface area contributed by atoms with E-state index in [1.54, 1.807) is 32.2 Å². The predicted molar refractivity (Wildman–Crippen MR) is 91.8 cm³/mol. The van der Waals surface area contributed by atoms with Crippen LogP contribution in [0.25, 0.3) is 0 Å². The highest BCUT2D eigenvalue weighted by Gasteiger charge is 2.51. The molecule has 5 atom stereocenters. The van der Waals surface area contributed by atoms with Gasteiger partial charge in [0, 0.05) is 6.04 Å². The van der Waals surface area contributed by atoms with E-state index >= 15 is 0 Å². The van der Waals surface area contributed by atoms with E-state index in [4.69, 9.17) is 4.74 Å². The first-order valence-electron chi connectivity index (χ1n) is 8.71. The number of amides is 2. The molecular weight excluding hydrogens is 361 g/mol. The van der Waals surface area contributed by atoms with Gasteiger partial charge in [0.05, 0.1) is 19.1 Å². The summed E-state index contributed by atoms with van der Waals surface area (Å²) in [5, 5.41) is 4.87. The maximum atomic E-state index is 12.8. The van der Waals surface area contributed by atoms with Crippen molar-refractivity contribution in [2.24, 2.45) is 17.8 Å². The second-order valence-electron chi connectivity index (χ2n) is 6.97. The summed E-state index contributed by atoms with van der Waals surface area (Å²) in [7, 11) is 1.55. The van der Waals surface area contributed by atoms with Crippen molar-refractivity contribution < 1.29 is 27.5 Å². The fraction of sp³-hybridized carbons (Fsp3) is 0.474. The van der Waals surface area contributed by atoms with E-state index in [1.165, 1.54) is 0 Å². The maximum absolute atomic E-state index is 12.8. The summed E-state index contributed by atoms with van der Waals surface area (Å²) in [6.07, 6.45) is -0.771. The third-order valence-electron chi connectivity index (χ3n) is 5.29. The highest BCUT2D eigenvalue weighted by atomic mass is 19.4. The van der Waals surface area contributed by atoms with E-state index in [1.807, 2.05) is 23.5 Å². The smallest absolute Gasteiger partial charge is 0.471 e. The van der Waals surface area contributed by atoms with Crippen LogP contribution in [0.15, 0.2) is 36.4 Å². The molecule has 2 amide bonds. The zero-order valence-electron chi connectivity index (χ0n) is 14.9. The first kappa shape index (κ1) is 19.3. The van der Waals surface area contributed by atoms with E-state index in [0.717, 1.165) is 5.56 Å². The minimum atomic E-state index is -4.97. The molecule has 0 saturated heterocycles. The van der Waals surface area contributed by atoms with Crippen molar-refractivity contribution in [1.82, 2.24) is 10.6 Å². The van der Waals surface area contributed by atoms with Crippen LogP contribution in [0, 0.1) is 17.8 Å². The minimum Gasteiger partial charge on any atom is -0.497 e. The Balaban J connectivity index is 1.70. The molecule has 5 nitrogen and oxygen atoms in total. The summed E-state index contributed by atoms with van der Waals surface area (Å²) in [6.45, 7) is 1.80. The highest BCUT2D eigenvalue weighted by Crippen LogP contribution is 2.44. The lowest BCUT2D eigenvalue weighted by molar-refractivity contribution is -0.175. The van der Waals surface area contributed by atoms with Crippen molar-refractivity contribution in [3.63, 3.8) is 0 Å². The molecule has 2 aliphatic rings. The minimum absolute atomic E-state index is 0.170. The van der Waals surface area contributed by atoms with Crippen LogP contribution >= 0.6 is 0 Å². The van der Waals surface area contributed by atoms with Gasteiger partial charge in [-0.1, -0.05) is 24.3 Å². The Bertz CT molecular complexity index is 746. The molecule has 146 valence electrons. The number of fused-ring (bicyclic) bond motifs is 2. The molecule has 27 heavy (non-hydrogen) atoms. The Hall–Kier alpha value is -2.51. The number of allylic oxidation sites excluding steroid dienone is 1. The van der Waals surface area contributed by atoms with E-state index < -0.39 is 24.0 Å². The molecule has 2 aliphatic carbocycles. The maximum Gasteiger partial charge on any atom is 0.471 e. The van der Waals surface area contributed by atoms with Crippen LogP contribution in [0.2, 0.25) is 0 Å². The number of halogens is 3. The summed E-state index contributed by atoms with van der Waals surface area (Å²) in [5.74, 6) is -2.82. The standard InChI is InChI=1S/C19H21F3N2O3/c1-10(11-5-7-14(27-2)8-6-11)23-17(25)15-12-3-4-13(9-12)16(15)24-18(26)19(20,21)22/h3-8,10,12-13,15-16H,9H2,1-2H3,(H,23,25)(H,24,26)/t10-,12-,13+,15?,16+/m1/s1. The van der Waals surface area contributed by atoms with Crippen LogP contribution < -0.4 is 15.4 Å². The number of alkyl halides is 3. The Kier molecular flexibility index (Phi) is 5.17. The average molecular weight is 382 g/mol. The average Bonchev–Trinajstić information content (AvgIpc) is 3.22. The molecule has 1 aromatic rings. The van der Waals surface area contributed by atoms with Crippen LogP contribution in [0.4, 0.5) is 13.2 Å². The fourth-order valence-corrected chi connectivity index (χ4v) is 3.90. The number of rotatable bonds is 5. The molecule has 0 heterocycles. The van der Waals surface area contributed by atoms with Gasteiger partial charge in [-0.25, -0.2) is 0 Å². The van der Waals surface area contributed by atoms with Gasteiger partial charge < -0.3 is 15.4 Å². The molecule has 0 radical (unpaired) electrons.